The van der Waals surface area contributed by atoms with E-state index < -0.39 is 5.41 Å². The first kappa shape index (κ1) is 24.7. The molecule has 0 radical (unpaired) electrons. The van der Waals surface area contributed by atoms with E-state index in [1.807, 2.05) is 29.1 Å². The van der Waals surface area contributed by atoms with Crippen LogP contribution in [0.25, 0.3) is 27.9 Å². The third kappa shape index (κ3) is 3.84. The number of carbonyl (C=O) groups excluding carboxylic acids is 1. The van der Waals surface area contributed by atoms with Gasteiger partial charge in [0.15, 0.2) is 0 Å². The molecule has 1 amide bonds. The van der Waals surface area contributed by atoms with Gasteiger partial charge in [-0.2, -0.15) is 5.10 Å². The zero-order valence-corrected chi connectivity index (χ0v) is 23.1. The Morgan fingerprint density at radius 2 is 1.73 bits per heavy atom. The van der Waals surface area contributed by atoms with Crippen LogP contribution in [0, 0.1) is 0 Å². The summed E-state index contributed by atoms with van der Waals surface area (Å²) in [6.45, 7) is 2.12. The number of nitrogens with one attached hydrogen (secondary N) is 1. The molecule has 5 nitrogen and oxygen atoms in total. The second-order valence-corrected chi connectivity index (χ2v) is 11.0. The van der Waals surface area contributed by atoms with Crippen LogP contribution >= 0.6 is 11.6 Å². The first-order chi connectivity index (χ1) is 19.5. The third-order valence-corrected chi connectivity index (χ3v) is 8.77. The minimum atomic E-state index is -0.551. The number of halogens is 1. The Morgan fingerprint density at radius 1 is 1.00 bits per heavy atom. The average Bonchev–Trinajstić information content (AvgIpc) is 3.38. The molecule has 1 saturated carbocycles. The van der Waals surface area contributed by atoms with Gasteiger partial charge in [0, 0.05) is 29.6 Å². The smallest absolute Gasteiger partial charge is 0.235 e. The maximum atomic E-state index is 13.4. The molecule has 0 saturated heterocycles. The molecule has 40 heavy (non-hydrogen) atoms. The van der Waals surface area contributed by atoms with E-state index in [-0.39, 0.29) is 11.8 Å². The average molecular weight is 546 g/mol. The van der Waals surface area contributed by atoms with Crippen molar-refractivity contribution in [1.29, 1.82) is 0 Å². The van der Waals surface area contributed by atoms with Crippen molar-refractivity contribution in [1.82, 2.24) is 9.78 Å². The zero-order valence-electron chi connectivity index (χ0n) is 22.3. The van der Waals surface area contributed by atoms with E-state index in [4.69, 9.17) is 16.3 Å². The molecule has 1 fully saturated rings. The lowest BCUT2D eigenvalue weighted by molar-refractivity contribution is -0.118. The van der Waals surface area contributed by atoms with E-state index in [1.54, 1.807) is 13.3 Å². The Kier molecular flexibility index (Phi) is 5.79. The van der Waals surface area contributed by atoms with Crippen molar-refractivity contribution >= 4 is 23.2 Å². The molecule has 4 aromatic carbocycles. The van der Waals surface area contributed by atoms with Crippen LogP contribution in [-0.2, 0) is 16.6 Å². The highest BCUT2D eigenvalue weighted by Gasteiger charge is 2.65. The summed E-state index contributed by atoms with van der Waals surface area (Å²) in [5.41, 5.74) is 8.87. The summed E-state index contributed by atoms with van der Waals surface area (Å²) in [6.07, 6.45) is 5.37. The van der Waals surface area contributed by atoms with Crippen LogP contribution in [0.2, 0.25) is 5.02 Å². The monoisotopic (exact) mass is 545 g/mol. The molecule has 1 spiro atoms. The molecule has 1 N–H and O–H groups in total. The second-order valence-electron chi connectivity index (χ2n) is 10.6. The van der Waals surface area contributed by atoms with E-state index in [0.717, 1.165) is 63.3 Å². The fourth-order valence-electron chi connectivity index (χ4n) is 6.20. The van der Waals surface area contributed by atoms with E-state index in [1.165, 1.54) is 5.56 Å². The maximum absolute atomic E-state index is 13.4. The number of carbonyl (C=O) groups is 1. The normalized spacial score (nSPS) is 19.0. The van der Waals surface area contributed by atoms with Crippen molar-refractivity contribution in [2.24, 2.45) is 0 Å². The van der Waals surface area contributed by atoms with Crippen LogP contribution in [-0.4, -0.2) is 22.8 Å². The Balaban J connectivity index is 1.19. The van der Waals surface area contributed by atoms with Crippen molar-refractivity contribution in [2.45, 2.75) is 31.1 Å². The van der Waals surface area contributed by atoms with Gasteiger partial charge in [0.1, 0.15) is 5.75 Å². The Morgan fingerprint density at radius 3 is 2.40 bits per heavy atom. The highest BCUT2D eigenvalue weighted by molar-refractivity contribution is 6.34. The fraction of sp³-hybridized carbons (Fsp3) is 0.176. The van der Waals surface area contributed by atoms with Crippen LogP contribution in [0.4, 0.5) is 5.69 Å². The summed E-state index contributed by atoms with van der Waals surface area (Å²) in [6, 6.07) is 29.0. The molecule has 7 rings (SSSR count). The van der Waals surface area contributed by atoms with E-state index >= 15 is 0 Å². The van der Waals surface area contributed by atoms with Crippen LogP contribution < -0.4 is 10.1 Å². The molecule has 1 aromatic heterocycles. The molecule has 2 unspecified atom stereocenters. The van der Waals surface area contributed by atoms with Crippen molar-refractivity contribution in [3.63, 3.8) is 0 Å². The predicted molar refractivity (Wildman–Crippen MR) is 159 cm³/mol. The lowest BCUT2D eigenvalue weighted by Crippen LogP contribution is -2.21. The van der Waals surface area contributed by atoms with Gasteiger partial charge in [-0.3, -0.25) is 4.79 Å². The van der Waals surface area contributed by atoms with E-state index in [0.29, 0.717) is 5.02 Å². The lowest BCUT2D eigenvalue weighted by Gasteiger charge is -2.14. The Labute approximate surface area is 238 Å². The number of fused-ring (bicyclic) bond motifs is 2. The molecule has 1 aliphatic carbocycles. The summed E-state index contributed by atoms with van der Waals surface area (Å²) in [7, 11) is 1.70. The highest BCUT2D eigenvalue weighted by Crippen LogP contribution is 2.65. The summed E-state index contributed by atoms with van der Waals surface area (Å²) < 4.78 is 7.37. The van der Waals surface area contributed by atoms with Crippen LogP contribution in [0.15, 0.2) is 97.3 Å². The molecule has 198 valence electrons. The Hall–Kier alpha value is -4.35. The second kappa shape index (κ2) is 9.39. The minimum Gasteiger partial charge on any atom is -0.496 e. The topological polar surface area (TPSA) is 56.2 Å². The van der Waals surface area contributed by atoms with Gasteiger partial charge < -0.3 is 10.1 Å². The number of ether oxygens (including phenoxy) is 1. The number of amides is 1. The van der Waals surface area contributed by atoms with Gasteiger partial charge in [-0.25, -0.2) is 4.68 Å². The number of methoxy groups -OCH3 is 1. The number of hydrogen-bond acceptors (Lipinski definition) is 3. The van der Waals surface area contributed by atoms with Gasteiger partial charge >= 0.3 is 0 Å². The number of hydrogen-bond donors (Lipinski definition) is 1. The molecular weight excluding hydrogens is 518 g/mol. The molecule has 2 atom stereocenters. The van der Waals surface area contributed by atoms with Crippen molar-refractivity contribution in [3.8, 4) is 33.7 Å². The summed E-state index contributed by atoms with van der Waals surface area (Å²) in [4.78, 5) is 13.4. The third-order valence-electron chi connectivity index (χ3n) is 8.46. The quantitative estimate of drug-likeness (QED) is 0.237. The number of nitrogens with zero attached hydrogens (tertiary/aromatic N) is 2. The SMILES string of the molecule is CCc1cc(C2CC23C(=O)Nc2cc(Cl)c(-c4ccc(-c5ccc(-n6cccn6)cc5)cc4)cc23)ccc1OC. The fourth-order valence-corrected chi connectivity index (χ4v) is 6.47. The largest absolute Gasteiger partial charge is 0.496 e. The van der Waals surface area contributed by atoms with Crippen molar-refractivity contribution < 1.29 is 9.53 Å². The zero-order chi connectivity index (χ0) is 27.4. The lowest BCUT2D eigenvalue weighted by atomic mass is 9.89. The number of aromatic nitrogens is 2. The van der Waals surface area contributed by atoms with E-state index in [9.17, 15) is 4.79 Å². The summed E-state index contributed by atoms with van der Waals surface area (Å²) in [5, 5.41) is 8.04. The first-order valence-corrected chi connectivity index (χ1v) is 13.9. The maximum Gasteiger partial charge on any atom is 0.235 e. The molecule has 0 bridgehead atoms. The molecule has 5 aromatic rings. The number of aryl methyl sites for hydroxylation is 1. The van der Waals surface area contributed by atoms with E-state index in [2.05, 4.69) is 84.1 Å². The van der Waals surface area contributed by atoms with Crippen molar-refractivity contribution in [3.05, 3.63) is 119 Å². The highest BCUT2D eigenvalue weighted by atomic mass is 35.5. The molecular formula is C34H28ClN3O2. The van der Waals surface area contributed by atoms with Gasteiger partial charge in [-0.1, -0.05) is 67.1 Å². The van der Waals surface area contributed by atoms with Gasteiger partial charge in [0.25, 0.3) is 0 Å². The molecule has 2 aliphatic rings. The van der Waals surface area contributed by atoms with Crippen LogP contribution in [0.3, 0.4) is 0 Å². The number of anilines is 1. The Bertz CT molecular complexity index is 1740. The predicted octanol–water partition coefficient (Wildman–Crippen LogP) is 7.81. The first-order valence-electron chi connectivity index (χ1n) is 13.5. The summed E-state index contributed by atoms with van der Waals surface area (Å²) >= 11 is 6.78. The van der Waals surface area contributed by atoms with Crippen molar-refractivity contribution in [2.75, 3.05) is 12.4 Å². The minimum absolute atomic E-state index is 0.0588. The van der Waals surface area contributed by atoms with Gasteiger partial charge in [-0.05, 0) is 82.6 Å². The van der Waals surface area contributed by atoms with Gasteiger partial charge in [0.2, 0.25) is 5.91 Å². The number of rotatable bonds is 6. The molecule has 1 aliphatic heterocycles. The molecule has 2 heterocycles. The molecule has 6 heteroatoms. The van der Waals surface area contributed by atoms with Crippen LogP contribution in [0.1, 0.15) is 36.0 Å². The summed E-state index contributed by atoms with van der Waals surface area (Å²) in [5.74, 6) is 1.08. The van der Waals surface area contributed by atoms with Crippen LogP contribution in [0.5, 0.6) is 5.75 Å². The standard InChI is InChI=1S/C34H28ClN3O2/c1-3-21-17-25(11-14-32(21)40-2)29-20-34(29)28-18-27(30(35)19-31(28)37-33(34)39)24-7-5-22(6-8-24)23-9-12-26(13-10-23)38-16-4-15-36-38/h4-19,29H,3,20H2,1-2H3,(H,37,39). The van der Waals surface area contributed by atoms with Gasteiger partial charge in [-0.15, -0.1) is 0 Å². The van der Waals surface area contributed by atoms with Gasteiger partial charge in [0.05, 0.1) is 23.2 Å². The number of benzene rings is 4.